The van der Waals surface area contributed by atoms with Crippen molar-refractivity contribution >= 4 is 21.9 Å². The molecule has 4 nitrogen and oxygen atoms in total. The highest BCUT2D eigenvalue weighted by molar-refractivity contribution is 9.11. The van der Waals surface area contributed by atoms with Gasteiger partial charge in [0.2, 0.25) is 0 Å². The van der Waals surface area contributed by atoms with E-state index < -0.39 is 0 Å². The average molecular weight is 280 g/mol. The summed E-state index contributed by atoms with van der Waals surface area (Å²) >= 11 is 3.30. The van der Waals surface area contributed by atoms with E-state index in [0.717, 1.165) is 11.0 Å². The summed E-state index contributed by atoms with van der Waals surface area (Å²) in [5.41, 5.74) is 0. The third-order valence-corrected chi connectivity index (χ3v) is 2.12. The number of carbonyl (C=O) groups is 1. The summed E-state index contributed by atoms with van der Waals surface area (Å²) in [6.07, 6.45) is 0.389. The highest BCUT2D eigenvalue weighted by Gasteiger charge is 2.08. The molecule has 0 radical (unpaired) electrons. The van der Waals surface area contributed by atoms with Gasteiger partial charge in [0.15, 0.2) is 0 Å². The van der Waals surface area contributed by atoms with E-state index in [4.69, 9.17) is 4.74 Å². The lowest BCUT2D eigenvalue weighted by atomic mass is 10.3. The number of methoxy groups -OCH3 is 2. The topological polar surface area (TPSA) is 38.8 Å². The summed E-state index contributed by atoms with van der Waals surface area (Å²) in [4.78, 5) is 13.0. The predicted molar refractivity (Wildman–Crippen MR) is 63.0 cm³/mol. The molecule has 0 aromatic carbocycles. The maximum atomic E-state index is 11.0. The summed E-state index contributed by atoms with van der Waals surface area (Å²) in [7, 11) is 3.05. The molecule has 0 saturated carbocycles. The number of hydrogen-bond donors (Lipinski definition) is 0. The average Bonchev–Trinajstić information content (AvgIpc) is 2.20. The van der Waals surface area contributed by atoms with Crippen LogP contribution in [0.1, 0.15) is 6.42 Å². The molecular weight excluding hydrogens is 262 g/mol. The second-order valence-electron chi connectivity index (χ2n) is 3.11. The predicted octanol–water partition coefficient (Wildman–Crippen LogP) is 1.41. The lowest BCUT2D eigenvalue weighted by molar-refractivity contribution is -0.141. The van der Waals surface area contributed by atoms with Crippen molar-refractivity contribution in [3.05, 3.63) is 11.1 Å². The van der Waals surface area contributed by atoms with Crippen LogP contribution in [0.25, 0.3) is 0 Å². The molecule has 0 bridgehead atoms. The highest BCUT2D eigenvalue weighted by atomic mass is 79.9. The van der Waals surface area contributed by atoms with Crippen molar-refractivity contribution in [2.75, 3.05) is 40.5 Å². The minimum Gasteiger partial charge on any atom is -0.469 e. The van der Waals surface area contributed by atoms with Crippen molar-refractivity contribution in [3.63, 3.8) is 0 Å². The van der Waals surface area contributed by atoms with Crippen LogP contribution in [0.5, 0.6) is 0 Å². The van der Waals surface area contributed by atoms with Gasteiger partial charge in [-0.05, 0) is 0 Å². The van der Waals surface area contributed by atoms with Gasteiger partial charge in [0.1, 0.15) is 0 Å². The highest BCUT2D eigenvalue weighted by Crippen LogP contribution is 2.05. The van der Waals surface area contributed by atoms with Gasteiger partial charge in [0.05, 0.1) is 20.1 Å². The Balaban J connectivity index is 3.88. The first-order chi connectivity index (χ1) is 7.10. The monoisotopic (exact) mass is 279 g/mol. The molecule has 0 fully saturated rings. The van der Waals surface area contributed by atoms with Crippen molar-refractivity contribution < 1.29 is 14.3 Å². The lowest BCUT2D eigenvalue weighted by Crippen LogP contribution is -2.31. The molecule has 0 aliphatic carbocycles. The molecule has 0 saturated heterocycles. The SMILES string of the molecule is C=C(Br)CN(CCOC)CCC(=O)OC. The standard InChI is InChI=1S/C10H18BrNO3/c1-9(11)8-12(6-7-14-2)5-4-10(13)15-3/h1,4-8H2,2-3H3. The normalized spacial score (nSPS) is 10.4. The van der Waals surface area contributed by atoms with Crippen molar-refractivity contribution in [3.8, 4) is 0 Å². The Morgan fingerprint density at radius 1 is 1.40 bits per heavy atom. The van der Waals surface area contributed by atoms with Gasteiger partial charge >= 0.3 is 5.97 Å². The molecule has 88 valence electrons. The Bertz CT molecular complexity index is 209. The molecule has 0 rings (SSSR count). The van der Waals surface area contributed by atoms with Gasteiger partial charge in [0.25, 0.3) is 0 Å². The van der Waals surface area contributed by atoms with Gasteiger partial charge < -0.3 is 9.47 Å². The molecule has 0 aromatic heterocycles. The van der Waals surface area contributed by atoms with E-state index in [9.17, 15) is 4.79 Å². The second-order valence-corrected chi connectivity index (χ2v) is 4.23. The van der Waals surface area contributed by atoms with E-state index >= 15 is 0 Å². The molecule has 0 amide bonds. The van der Waals surface area contributed by atoms with E-state index in [1.807, 2.05) is 0 Å². The van der Waals surface area contributed by atoms with Crippen molar-refractivity contribution in [2.45, 2.75) is 6.42 Å². The van der Waals surface area contributed by atoms with E-state index in [-0.39, 0.29) is 5.97 Å². The number of ether oxygens (including phenoxy) is 2. The second kappa shape index (κ2) is 8.88. The minimum atomic E-state index is -0.197. The number of halogens is 1. The summed E-state index contributed by atoms with van der Waals surface area (Å²) in [6.45, 7) is 6.55. The Morgan fingerprint density at radius 2 is 2.07 bits per heavy atom. The quantitative estimate of drug-likeness (QED) is 0.630. The van der Waals surface area contributed by atoms with Gasteiger partial charge in [0, 0.05) is 31.2 Å². The smallest absolute Gasteiger partial charge is 0.306 e. The molecule has 0 atom stereocenters. The maximum absolute atomic E-state index is 11.0. The number of hydrogen-bond acceptors (Lipinski definition) is 4. The molecule has 5 heteroatoms. The van der Waals surface area contributed by atoms with Crippen LogP contribution in [0.4, 0.5) is 0 Å². The van der Waals surface area contributed by atoms with Crippen LogP contribution in [-0.4, -0.2) is 51.3 Å². The Kier molecular flexibility index (Phi) is 8.65. The summed E-state index contributed by atoms with van der Waals surface area (Å²) in [5.74, 6) is -0.197. The maximum Gasteiger partial charge on any atom is 0.306 e. The van der Waals surface area contributed by atoms with Gasteiger partial charge in [-0.2, -0.15) is 0 Å². The molecular formula is C10H18BrNO3. The third kappa shape index (κ3) is 8.59. The molecule has 0 spiro atoms. The lowest BCUT2D eigenvalue weighted by Gasteiger charge is -2.20. The van der Waals surface area contributed by atoms with E-state index in [2.05, 4.69) is 32.1 Å². The molecule has 0 heterocycles. The summed E-state index contributed by atoms with van der Waals surface area (Å²) < 4.78 is 10.5. The Morgan fingerprint density at radius 3 is 2.53 bits per heavy atom. The fraction of sp³-hybridized carbons (Fsp3) is 0.700. The Labute approximate surface area is 99.4 Å². The molecule has 0 aliphatic heterocycles. The fourth-order valence-electron chi connectivity index (χ4n) is 1.08. The van der Waals surface area contributed by atoms with Crippen LogP contribution in [-0.2, 0) is 14.3 Å². The number of esters is 1. The van der Waals surface area contributed by atoms with E-state index in [0.29, 0.717) is 26.1 Å². The van der Waals surface area contributed by atoms with Crippen LogP contribution in [0.15, 0.2) is 11.1 Å². The molecule has 0 aromatic rings. The molecule has 0 unspecified atom stereocenters. The van der Waals surface area contributed by atoms with Crippen LogP contribution >= 0.6 is 15.9 Å². The largest absolute Gasteiger partial charge is 0.469 e. The first-order valence-electron chi connectivity index (χ1n) is 4.71. The van der Waals surface area contributed by atoms with Crippen molar-refractivity contribution in [1.29, 1.82) is 0 Å². The Hall–Kier alpha value is -0.390. The van der Waals surface area contributed by atoms with Crippen LogP contribution in [0.2, 0.25) is 0 Å². The number of rotatable bonds is 8. The zero-order chi connectivity index (χ0) is 11.7. The number of carbonyl (C=O) groups excluding carboxylic acids is 1. The van der Waals surface area contributed by atoms with Gasteiger partial charge in [-0.1, -0.05) is 22.5 Å². The molecule has 0 N–H and O–H groups in total. The van der Waals surface area contributed by atoms with Crippen LogP contribution in [0, 0.1) is 0 Å². The van der Waals surface area contributed by atoms with Gasteiger partial charge in [-0.15, -0.1) is 0 Å². The minimum absolute atomic E-state index is 0.197. The van der Waals surface area contributed by atoms with Crippen molar-refractivity contribution in [1.82, 2.24) is 4.90 Å². The van der Waals surface area contributed by atoms with Crippen LogP contribution < -0.4 is 0 Å². The van der Waals surface area contributed by atoms with E-state index in [1.54, 1.807) is 7.11 Å². The third-order valence-electron chi connectivity index (χ3n) is 1.87. The summed E-state index contributed by atoms with van der Waals surface area (Å²) in [5, 5.41) is 0. The summed E-state index contributed by atoms with van der Waals surface area (Å²) in [6, 6.07) is 0. The zero-order valence-corrected chi connectivity index (χ0v) is 10.9. The molecule has 15 heavy (non-hydrogen) atoms. The van der Waals surface area contributed by atoms with Crippen molar-refractivity contribution in [2.24, 2.45) is 0 Å². The zero-order valence-electron chi connectivity index (χ0n) is 9.29. The number of nitrogens with zero attached hydrogens (tertiary/aromatic N) is 1. The molecule has 0 aliphatic rings. The first kappa shape index (κ1) is 14.6. The van der Waals surface area contributed by atoms with Crippen LogP contribution in [0.3, 0.4) is 0 Å². The van der Waals surface area contributed by atoms with Gasteiger partial charge in [-0.3, -0.25) is 9.69 Å². The first-order valence-corrected chi connectivity index (χ1v) is 5.50. The van der Waals surface area contributed by atoms with E-state index in [1.165, 1.54) is 7.11 Å². The van der Waals surface area contributed by atoms with Gasteiger partial charge in [-0.25, -0.2) is 0 Å². The fourth-order valence-corrected chi connectivity index (χ4v) is 1.44.